The quantitative estimate of drug-likeness (QED) is 0.489. The fourth-order valence-electron chi connectivity index (χ4n) is 2.49. The van der Waals surface area contributed by atoms with Gasteiger partial charge < -0.3 is 9.31 Å². The van der Waals surface area contributed by atoms with E-state index in [9.17, 15) is 0 Å². The van der Waals surface area contributed by atoms with Crippen LogP contribution >= 0.6 is 12.6 Å². The molecule has 1 fully saturated rings. The SMILES string of the molecule is Cc1c(C#C[Si](C)(C)C)cc(CS)cc1B1OC(C)(C)C(C)(C)O1. The van der Waals surface area contributed by atoms with E-state index in [1.165, 1.54) is 0 Å². The maximum absolute atomic E-state index is 6.24. The first-order valence-corrected chi connectivity index (χ1v) is 12.6. The zero-order valence-electron chi connectivity index (χ0n) is 16.2. The highest BCUT2D eigenvalue weighted by Gasteiger charge is 2.52. The summed E-state index contributed by atoms with van der Waals surface area (Å²) >= 11 is 4.45. The van der Waals surface area contributed by atoms with Gasteiger partial charge in [0.05, 0.1) is 11.2 Å². The Morgan fingerprint density at radius 3 is 2.08 bits per heavy atom. The van der Waals surface area contributed by atoms with Crippen molar-refractivity contribution < 1.29 is 9.31 Å². The molecule has 2 rings (SSSR count). The highest BCUT2D eigenvalue weighted by atomic mass is 32.1. The Hall–Kier alpha value is -0.668. The predicted molar refractivity (Wildman–Crippen MR) is 110 cm³/mol. The van der Waals surface area contributed by atoms with Crippen molar-refractivity contribution in [1.82, 2.24) is 0 Å². The van der Waals surface area contributed by atoms with Crippen molar-refractivity contribution in [2.45, 2.75) is 71.2 Å². The summed E-state index contributed by atoms with van der Waals surface area (Å²) in [5.74, 6) is 4.07. The summed E-state index contributed by atoms with van der Waals surface area (Å²) < 4.78 is 12.5. The fourth-order valence-corrected chi connectivity index (χ4v) is 3.18. The maximum Gasteiger partial charge on any atom is 0.495 e. The second kappa shape index (κ2) is 6.57. The molecule has 1 heterocycles. The van der Waals surface area contributed by atoms with Crippen LogP contribution in [0.3, 0.4) is 0 Å². The van der Waals surface area contributed by atoms with Gasteiger partial charge in [-0.05, 0) is 57.3 Å². The third-order valence-electron chi connectivity index (χ3n) is 4.77. The molecule has 0 amide bonds. The summed E-state index contributed by atoms with van der Waals surface area (Å²) in [6, 6.07) is 4.29. The smallest absolute Gasteiger partial charge is 0.399 e. The van der Waals surface area contributed by atoms with E-state index in [4.69, 9.17) is 9.31 Å². The molecule has 24 heavy (non-hydrogen) atoms. The molecule has 1 aromatic carbocycles. The van der Waals surface area contributed by atoms with Crippen LogP contribution < -0.4 is 5.46 Å². The summed E-state index contributed by atoms with van der Waals surface area (Å²) in [5, 5.41) is 0. The molecule has 0 N–H and O–H groups in total. The Labute approximate surface area is 154 Å². The van der Waals surface area contributed by atoms with Gasteiger partial charge in [-0.25, -0.2) is 0 Å². The topological polar surface area (TPSA) is 18.5 Å². The van der Waals surface area contributed by atoms with Crippen molar-refractivity contribution >= 4 is 33.3 Å². The molecule has 5 heteroatoms. The van der Waals surface area contributed by atoms with E-state index in [2.05, 4.69) is 90.5 Å². The minimum atomic E-state index is -1.43. The van der Waals surface area contributed by atoms with Crippen LogP contribution in [-0.4, -0.2) is 26.4 Å². The highest BCUT2D eigenvalue weighted by molar-refractivity contribution is 7.79. The summed E-state index contributed by atoms with van der Waals surface area (Å²) in [7, 11) is -1.79. The lowest BCUT2D eigenvalue weighted by Crippen LogP contribution is -2.41. The predicted octanol–water partition coefficient (Wildman–Crippen LogP) is 3.95. The second-order valence-corrected chi connectivity index (χ2v) is 13.7. The molecule has 1 aliphatic rings. The van der Waals surface area contributed by atoms with Gasteiger partial charge in [-0.2, -0.15) is 12.6 Å². The number of rotatable bonds is 2. The minimum absolute atomic E-state index is 0.342. The monoisotopic (exact) mass is 360 g/mol. The van der Waals surface area contributed by atoms with Gasteiger partial charge in [0, 0.05) is 11.3 Å². The van der Waals surface area contributed by atoms with Crippen molar-refractivity contribution in [2.24, 2.45) is 0 Å². The Bertz CT molecular complexity index is 680. The second-order valence-electron chi connectivity index (χ2n) is 8.60. The van der Waals surface area contributed by atoms with Crippen molar-refractivity contribution in [1.29, 1.82) is 0 Å². The molecule has 1 aromatic rings. The van der Waals surface area contributed by atoms with Gasteiger partial charge >= 0.3 is 7.12 Å². The first kappa shape index (κ1) is 19.7. The zero-order chi connectivity index (χ0) is 18.3. The fraction of sp³-hybridized carbons (Fsp3) is 0.579. The van der Waals surface area contributed by atoms with E-state index < -0.39 is 8.07 Å². The van der Waals surface area contributed by atoms with E-state index in [0.717, 1.165) is 22.2 Å². The molecular formula is C19H29BO2SSi. The Balaban J connectivity index is 2.50. The number of hydrogen-bond acceptors (Lipinski definition) is 3. The Morgan fingerprint density at radius 2 is 1.62 bits per heavy atom. The summed E-state index contributed by atoms with van der Waals surface area (Å²) in [4.78, 5) is 0. The van der Waals surface area contributed by atoms with Gasteiger partial charge in [0.25, 0.3) is 0 Å². The molecule has 0 aromatic heterocycles. The number of thiol groups is 1. The minimum Gasteiger partial charge on any atom is -0.399 e. The molecule has 0 atom stereocenters. The highest BCUT2D eigenvalue weighted by Crippen LogP contribution is 2.36. The van der Waals surface area contributed by atoms with Crippen LogP contribution in [-0.2, 0) is 15.1 Å². The number of hydrogen-bond donors (Lipinski definition) is 1. The van der Waals surface area contributed by atoms with Gasteiger partial charge in [-0.15, -0.1) is 5.54 Å². The molecule has 0 saturated carbocycles. The van der Waals surface area contributed by atoms with E-state index in [1.54, 1.807) is 0 Å². The van der Waals surface area contributed by atoms with Crippen molar-refractivity contribution in [2.75, 3.05) is 0 Å². The van der Waals surface area contributed by atoms with Crippen LogP contribution in [0.5, 0.6) is 0 Å². The zero-order valence-corrected chi connectivity index (χ0v) is 18.1. The third-order valence-corrected chi connectivity index (χ3v) is 6.01. The molecule has 0 aliphatic carbocycles. The molecule has 130 valence electrons. The molecule has 1 aliphatic heterocycles. The van der Waals surface area contributed by atoms with Crippen LogP contribution in [0.1, 0.15) is 44.4 Å². The molecule has 0 unspecified atom stereocenters. The van der Waals surface area contributed by atoms with Crippen LogP contribution in [0.2, 0.25) is 19.6 Å². The Kier molecular flexibility index (Phi) is 5.38. The average molecular weight is 360 g/mol. The molecule has 1 saturated heterocycles. The van der Waals surface area contributed by atoms with Crippen LogP contribution in [0, 0.1) is 18.4 Å². The lowest BCUT2D eigenvalue weighted by molar-refractivity contribution is 0.00578. The molecule has 2 nitrogen and oxygen atoms in total. The van der Waals surface area contributed by atoms with Gasteiger partial charge in [-0.3, -0.25) is 0 Å². The lowest BCUT2D eigenvalue weighted by atomic mass is 9.74. The number of benzene rings is 1. The van der Waals surface area contributed by atoms with Gasteiger partial charge in [0.1, 0.15) is 8.07 Å². The van der Waals surface area contributed by atoms with E-state index in [1.807, 2.05) is 0 Å². The van der Waals surface area contributed by atoms with Gasteiger partial charge in [0.2, 0.25) is 0 Å². The van der Waals surface area contributed by atoms with Crippen LogP contribution in [0.4, 0.5) is 0 Å². The van der Waals surface area contributed by atoms with E-state index >= 15 is 0 Å². The van der Waals surface area contributed by atoms with E-state index in [-0.39, 0.29) is 18.3 Å². The van der Waals surface area contributed by atoms with Crippen LogP contribution in [0.15, 0.2) is 12.1 Å². The summed E-state index contributed by atoms with van der Waals surface area (Å²) in [6.45, 7) is 17.2. The first-order chi connectivity index (χ1) is 10.9. The third kappa shape index (κ3) is 4.11. The van der Waals surface area contributed by atoms with Crippen molar-refractivity contribution in [3.63, 3.8) is 0 Å². The molecule has 0 spiro atoms. The maximum atomic E-state index is 6.24. The van der Waals surface area contributed by atoms with E-state index in [0.29, 0.717) is 5.75 Å². The van der Waals surface area contributed by atoms with Crippen LogP contribution in [0.25, 0.3) is 0 Å². The van der Waals surface area contributed by atoms with Gasteiger partial charge in [0.15, 0.2) is 0 Å². The largest absolute Gasteiger partial charge is 0.495 e. The normalized spacial score (nSPS) is 19.1. The standard InChI is InChI=1S/C19H29BO2SSi/c1-14-16(9-10-24(6,7)8)11-15(13-23)12-17(14)20-21-18(2,3)19(4,5)22-20/h11-12,23H,13H2,1-8H3. The summed E-state index contributed by atoms with van der Waals surface area (Å²) in [6.07, 6.45) is 0. The van der Waals surface area contributed by atoms with Crippen molar-refractivity contribution in [3.05, 3.63) is 28.8 Å². The van der Waals surface area contributed by atoms with Crippen molar-refractivity contribution in [3.8, 4) is 11.5 Å². The lowest BCUT2D eigenvalue weighted by Gasteiger charge is -2.32. The first-order valence-electron chi connectivity index (χ1n) is 8.49. The Morgan fingerprint density at radius 1 is 1.08 bits per heavy atom. The summed E-state index contributed by atoms with van der Waals surface area (Å²) in [5.41, 5.74) is 7.20. The molecular weight excluding hydrogens is 331 g/mol. The van der Waals surface area contributed by atoms with Gasteiger partial charge in [-0.1, -0.05) is 31.6 Å². The average Bonchev–Trinajstić information content (AvgIpc) is 2.65. The molecule has 0 radical (unpaired) electrons. The molecule has 0 bridgehead atoms.